The number of benzene rings is 1. The summed E-state index contributed by atoms with van der Waals surface area (Å²) in [5, 5.41) is 4.86. The zero-order chi connectivity index (χ0) is 18.0. The molecule has 0 aromatic heterocycles. The predicted octanol–water partition coefficient (Wildman–Crippen LogP) is 2.83. The minimum absolute atomic E-state index is 0.214. The van der Waals surface area contributed by atoms with E-state index in [1.165, 1.54) is 6.07 Å². The third-order valence-corrected chi connectivity index (χ3v) is 7.14. The van der Waals surface area contributed by atoms with E-state index < -0.39 is 16.1 Å². The molecule has 3 aliphatic rings. The van der Waals surface area contributed by atoms with Crippen LogP contribution in [-0.2, 0) is 21.5 Å². The van der Waals surface area contributed by atoms with Gasteiger partial charge >= 0.3 is 10.3 Å². The Bertz CT molecular complexity index is 853. The third-order valence-electron chi connectivity index (χ3n) is 6.72. The quantitative estimate of drug-likeness (QED) is 0.871. The lowest BCUT2D eigenvalue weighted by Gasteiger charge is -2.48. The molecule has 136 valence electrons. The van der Waals surface area contributed by atoms with E-state index in [9.17, 15) is 17.6 Å². The van der Waals surface area contributed by atoms with Gasteiger partial charge in [0, 0.05) is 11.8 Å². The number of carbonyl (C=O) groups excluding carboxylic acids is 1. The van der Waals surface area contributed by atoms with Crippen LogP contribution in [0, 0.1) is 23.1 Å². The van der Waals surface area contributed by atoms with Gasteiger partial charge in [-0.05, 0) is 67.1 Å². The van der Waals surface area contributed by atoms with Crippen molar-refractivity contribution < 1.29 is 21.8 Å². The highest BCUT2D eigenvalue weighted by molar-refractivity contribution is 7.84. The standard InChI is InChI=1S/C18H22FNO4S/c1-18-9-8-11-10-4-6-15(24-25(20,22)23)17(19)13(10)3-2-12(11)14(18)5-7-16(18)21/h4,6,11-12,14H,2-3,5,7-9H2,1H3,(H2,20,22,23)/t11-,12-,14+,18+/m1/s1. The normalized spacial score (nSPS) is 34.2. The van der Waals surface area contributed by atoms with Gasteiger partial charge in [0.2, 0.25) is 0 Å². The van der Waals surface area contributed by atoms with Crippen molar-refractivity contribution in [2.45, 2.75) is 51.4 Å². The zero-order valence-corrected chi connectivity index (χ0v) is 14.9. The van der Waals surface area contributed by atoms with Gasteiger partial charge in [0.1, 0.15) is 5.78 Å². The van der Waals surface area contributed by atoms with Crippen LogP contribution >= 0.6 is 0 Å². The molecule has 1 aromatic rings. The molecule has 5 nitrogen and oxygen atoms in total. The number of hydrogen-bond acceptors (Lipinski definition) is 4. The van der Waals surface area contributed by atoms with Gasteiger partial charge in [0.05, 0.1) is 0 Å². The molecule has 0 unspecified atom stereocenters. The van der Waals surface area contributed by atoms with Crippen LogP contribution in [0.5, 0.6) is 5.75 Å². The van der Waals surface area contributed by atoms with Crippen LogP contribution in [0.3, 0.4) is 0 Å². The summed E-state index contributed by atoms with van der Waals surface area (Å²) in [6.45, 7) is 2.10. The predicted molar refractivity (Wildman–Crippen MR) is 89.8 cm³/mol. The maximum absolute atomic E-state index is 14.7. The number of carbonyl (C=O) groups is 1. The van der Waals surface area contributed by atoms with Crippen LogP contribution in [0.2, 0.25) is 0 Å². The first-order valence-electron chi connectivity index (χ1n) is 8.77. The molecular formula is C18H22FNO4S. The minimum atomic E-state index is -4.25. The SMILES string of the molecule is C[C@]12CC[C@@H]3c4ccc(OS(N)(=O)=O)c(F)c4CC[C@H]3[C@@H]1CCC2=O. The Kier molecular flexibility index (Phi) is 3.74. The lowest BCUT2D eigenvalue weighted by atomic mass is 9.55. The highest BCUT2D eigenvalue weighted by atomic mass is 32.2. The van der Waals surface area contributed by atoms with Crippen molar-refractivity contribution in [1.82, 2.24) is 0 Å². The van der Waals surface area contributed by atoms with Gasteiger partial charge in [-0.2, -0.15) is 13.6 Å². The number of rotatable bonds is 2. The number of hydrogen-bond donors (Lipinski definition) is 1. The number of ketones is 1. The summed E-state index contributed by atoms with van der Waals surface area (Å²) in [5.74, 6) is 0.408. The molecule has 3 aliphatic carbocycles. The molecule has 7 heteroatoms. The van der Waals surface area contributed by atoms with E-state index in [-0.39, 0.29) is 17.1 Å². The molecule has 1 aromatic carbocycles. The summed E-state index contributed by atoms with van der Waals surface area (Å²) < 4.78 is 41.5. The molecule has 2 fully saturated rings. The molecule has 0 saturated heterocycles. The number of fused-ring (bicyclic) bond motifs is 5. The molecule has 25 heavy (non-hydrogen) atoms. The molecule has 0 radical (unpaired) electrons. The molecule has 2 N–H and O–H groups in total. The van der Waals surface area contributed by atoms with Crippen LogP contribution < -0.4 is 9.32 Å². The maximum atomic E-state index is 14.7. The zero-order valence-electron chi connectivity index (χ0n) is 14.1. The van der Waals surface area contributed by atoms with Gasteiger partial charge in [0.25, 0.3) is 0 Å². The van der Waals surface area contributed by atoms with Crippen molar-refractivity contribution in [3.05, 3.63) is 29.1 Å². The first-order valence-corrected chi connectivity index (χ1v) is 10.2. The van der Waals surface area contributed by atoms with E-state index in [0.717, 1.165) is 31.2 Å². The van der Waals surface area contributed by atoms with Gasteiger partial charge in [-0.15, -0.1) is 0 Å². The lowest BCUT2D eigenvalue weighted by Crippen LogP contribution is -2.42. The van der Waals surface area contributed by atoms with Crippen LogP contribution in [0.25, 0.3) is 0 Å². The van der Waals surface area contributed by atoms with Crippen molar-refractivity contribution in [2.75, 3.05) is 0 Å². The van der Waals surface area contributed by atoms with E-state index in [4.69, 9.17) is 5.14 Å². The first kappa shape index (κ1) is 17.0. The Labute approximate surface area is 147 Å². The summed E-state index contributed by atoms with van der Waals surface area (Å²) in [5.41, 5.74) is 1.26. The second kappa shape index (κ2) is 5.51. The second-order valence-electron chi connectivity index (χ2n) is 7.86. The summed E-state index contributed by atoms with van der Waals surface area (Å²) in [4.78, 5) is 12.3. The number of halogens is 1. The van der Waals surface area contributed by atoms with Crippen molar-refractivity contribution in [2.24, 2.45) is 22.4 Å². The van der Waals surface area contributed by atoms with Crippen LogP contribution in [0.1, 0.15) is 56.1 Å². The van der Waals surface area contributed by atoms with Crippen molar-refractivity contribution in [3.8, 4) is 5.75 Å². The van der Waals surface area contributed by atoms with E-state index >= 15 is 0 Å². The summed E-state index contributed by atoms with van der Waals surface area (Å²) in [6, 6.07) is 3.13. The van der Waals surface area contributed by atoms with Crippen molar-refractivity contribution >= 4 is 16.1 Å². The molecule has 0 spiro atoms. The fraction of sp³-hybridized carbons (Fsp3) is 0.611. The van der Waals surface area contributed by atoms with Gasteiger partial charge < -0.3 is 4.18 Å². The average molecular weight is 367 g/mol. The van der Waals surface area contributed by atoms with Crippen LogP contribution in [0.15, 0.2) is 12.1 Å². The number of nitrogens with two attached hydrogens (primary N) is 1. The Morgan fingerprint density at radius 3 is 2.72 bits per heavy atom. The fourth-order valence-corrected chi connectivity index (χ4v) is 5.94. The van der Waals surface area contributed by atoms with Gasteiger partial charge in [-0.1, -0.05) is 13.0 Å². The highest BCUT2D eigenvalue weighted by Crippen LogP contribution is 2.59. The Balaban J connectivity index is 1.70. The second-order valence-corrected chi connectivity index (χ2v) is 9.01. The number of Topliss-reactive ketones (excluding diaryl/α,β-unsaturated/α-hetero) is 1. The molecule has 0 heterocycles. The Morgan fingerprint density at radius 1 is 1.24 bits per heavy atom. The molecule has 4 rings (SSSR count). The van der Waals surface area contributed by atoms with Crippen LogP contribution in [0.4, 0.5) is 4.39 Å². The highest BCUT2D eigenvalue weighted by Gasteiger charge is 2.54. The van der Waals surface area contributed by atoms with E-state index in [2.05, 4.69) is 11.1 Å². The molecular weight excluding hydrogens is 345 g/mol. The summed E-state index contributed by atoms with van der Waals surface area (Å²) >= 11 is 0. The maximum Gasteiger partial charge on any atom is 0.380 e. The molecule has 0 amide bonds. The minimum Gasteiger partial charge on any atom is -0.368 e. The largest absolute Gasteiger partial charge is 0.380 e. The Morgan fingerprint density at radius 2 is 2.00 bits per heavy atom. The smallest absolute Gasteiger partial charge is 0.368 e. The van der Waals surface area contributed by atoms with E-state index in [1.54, 1.807) is 6.07 Å². The Hall–Kier alpha value is -1.47. The van der Waals surface area contributed by atoms with E-state index in [0.29, 0.717) is 36.0 Å². The topological polar surface area (TPSA) is 86.5 Å². The fourth-order valence-electron chi connectivity index (χ4n) is 5.56. The summed E-state index contributed by atoms with van der Waals surface area (Å²) in [7, 11) is -4.25. The first-order chi connectivity index (χ1) is 11.7. The monoisotopic (exact) mass is 367 g/mol. The van der Waals surface area contributed by atoms with Crippen molar-refractivity contribution in [3.63, 3.8) is 0 Å². The van der Waals surface area contributed by atoms with Gasteiger partial charge in [-0.3, -0.25) is 4.79 Å². The lowest BCUT2D eigenvalue weighted by molar-refractivity contribution is -0.129. The van der Waals surface area contributed by atoms with E-state index in [1.807, 2.05) is 0 Å². The average Bonchev–Trinajstić information content (AvgIpc) is 2.84. The third kappa shape index (κ3) is 2.59. The van der Waals surface area contributed by atoms with Gasteiger partial charge in [0.15, 0.2) is 11.6 Å². The molecule has 0 bridgehead atoms. The molecule has 4 atom stereocenters. The molecule has 2 saturated carbocycles. The van der Waals surface area contributed by atoms with Crippen LogP contribution in [-0.4, -0.2) is 14.2 Å². The van der Waals surface area contributed by atoms with Crippen molar-refractivity contribution in [1.29, 1.82) is 0 Å². The van der Waals surface area contributed by atoms with Gasteiger partial charge in [-0.25, -0.2) is 4.39 Å². The molecule has 0 aliphatic heterocycles. The summed E-state index contributed by atoms with van der Waals surface area (Å²) in [6.07, 6.45) is 4.65.